The van der Waals surface area contributed by atoms with Crippen LogP contribution in [0.2, 0.25) is 0 Å². The van der Waals surface area contributed by atoms with Gasteiger partial charge in [-0.15, -0.1) is 6.42 Å². The Morgan fingerprint density at radius 1 is 1.56 bits per heavy atom. The first-order valence-electron chi connectivity index (χ1n) is 4.87. The minimum atomic E-state index is -0.361. The van der Waals surface area contributed by atoms with Crippen molar-refractivity contribution in [1.82, 2.24) is 4.57 Å². The summed E-state index contributed by atoms with van der Waals surface area (Å²) in [7, 11) is 0. The Morgan fingerprint density at radius 3 is 2.94 bits per heavy atom. The van der Waals surface area contributed by atoms with Gasteiger partial charge < -0.3 is 4.57 Å². The molecule has 0 atom stereocenters. The van der Waals surface area contributed by atoms with E-state index in [4.69, 9.17) is 6.42 Å². The third-order valence-electron chi connectivity index (χ3n) is 2.49. The van der Waals surface area contributed by atoms with Crippen LogP contribution in [0.4, 0.5) is 4.39 Å². The molecule has 80 valence electrons. The molecule has 0 aliphatic carbocycles. The third kappa shape index (κ3) is 1.49. The first kappa shape index (κ1) is 10.4. The molecule has 0 saturated carbocycles. The summed E-state index contributed by atoms with van der Waals surface area (Å²) in [4.78, 5) is 11.4. The highest BCUT2D eigenvalue weighted by molar-refractivity contribution is 6.07. The summed E-state index contributed by atoms with van der Waals surface area (Å²) in [5.41, 5.74) is 0.899. The zero-order chi connectivity index (χ0) is 11.7. The number of aromatic nitrogens is 1. The topological polar surface area (TPSA) is 22.0 Å². The molecule has 1 heterocycles. The number of fused-ring (bicyclic) bond motifs is 1. The van der Waals surface area contributed by atoms with E-state index in [-0.39, 0.29) is 18.1 Å². The van der Waals surface area contributed by atoms with Crippen LogP contribution in [0.5, 0.6) is 0 Å². The van der Waals surface area contributed by atoms with Gasteiger partial charge in [-0.1, -0.05) is 18.1 Å². The maximum Gasteiger partial charge on any atom is 0.161 e. The number of carbonyl (C=O) groups is 1. The molecule has 1 aromatic heterocycles. The highest BCUT2D eigenvalue weighted by atomic mass is 19.1. The van der Waals surface area contributed by atoms with Crippen LogP contribution >= 0.6 is 0 Å². The van der Waals surface area contributed by atoms with E-state index < -0.39 is 0 Å². The van der Waals surface area contributed by atoms with E-state index in [0.717, 1.165) is 0 Å². The van der Waals surface area contributed by atoms with Gasteiger partial charge in [0.1, 0.15) is 5.82 Å². The summed E-state index contributed by atoms with van der Waals surface area (Å²) in [5, 5.41) is 0.614. The maximum atomic E-state index is 13.6. The Kier molecular flexibility index (Phi) is 2.49. The Hall–Kier alpha value is -2.08. The lowest BCUT2D eigenvalue weighted by atomic mass is 10.1. The first-order chi connectivity index (χ1) is 7.65. The number of benzene rings is 1. The van der Waals surface area contributed by atoms with Gasteiger partial charge >= 0.3 is 0 Å². The number of halogens is 1. The fraction of sp³-hybridized carbons (Fsp3) is 0.154. The lowest BCUT2D eigenvalue weighted by molar-refractivity contribution is 0.101. The van der Waals surface area contributed by atoms with Gasteiger partial charge in [-0.3, -0.25) is 4.79 Å². The molecule has 2 rings (SSSR count). The Balaban J connectivity index is 2.83. The number of rotatable bonds is 2. The lowest BCUT2D eigenvalue weighted by Crippen LogP contribution is -1.94. The zero-order valence-electron chi connectivity index (χ0n) is 8.83. The molecular weight excluding hydrogens is 205 g/mol. The fourth-order valence-electron chi connectivity index (χ4n) is 1.82. The van der Waals surface area contributed by atoms with Crippen molar-refractivity contribution < 1.29 is 9.18 Å². The molecule has 0 amide bonds. The number of terminal acetylenes is 1. The number of ketones is 1. The third-order valence-corrected chi connectivity index (χ3v) is 2.49. The van der Waals surface area contributed by atoms with Crippen molar-refractivity contribution in [1.29, 1.82) is 0 Å². The van der Waals surface area contributed by atoms with Gasteiger partial charge in [-0.2, -0.15) is 0 Å². The number of nitrogens with zero attached hydrogens (tertiary/aromatic N) is 1. The van der Waals surface area contributed by atoms with E-state index in [1.54, 1.807) is 22.9 Å². The second-order valence-electron chi connectivity index (χ2n) is 3.57. The van der Waals surface area contributed by atoms with Crippen molar-refractivity contribution in [2.75, 3.05) is 0 Å². The van der Waals surface area contributed by atoms with Crippen molar-refractivity contribution in [3.05, 3.63) is 35.8 Å². The molecule has 0 aliphatic rings. The van der Waals surface area contributed by atoms with Crippen LogP contribution in [0, 0.1) is 18.2 Å². The summed E-state index contributed by atoms with van der Waals surface area (Å²) in [6.45, 7) is 1.71. The molecule has 0 aliphatic heterocycles. The van der Waals surface area contributed by atoms with Gasteiger partial charge in [-0.25, -0.2) is 4.39 Å². The van der Waals surface area contributed by atoms with Gasteiger partial charge in [0.05, 0.1) is 12.1 Å². The molecule has 0 fully saturated rings. The van der Waals surface area contributed by atoms with Crippen LogP contribution < -0.4 is 0 Å². The van der Waals surface area contributed by atoms with E-state index in [9.17, 15) is 9.18 Å². The van der Waals surface area contributed by atoms with Crippen LogP contribution in [-0.4, -0.2) is 10.4 Å². The molecule has 0 N–H and O–H groups in total. The molecule has 2 nitrogen and oxygen atoms in total. The number of carbonyl (C=O) groups excluding carboxylic acids is 1. The quantitative estimate of drug-likeness (QED) is 0.557. The van der Waals surface area contributed by atoms with E-state index in [2.05, 4.69) is 5.92 Å². The van der Waals surface area contributed by atoms with E-state index in [1.165, 1.54) is 13.0 Å². The lowest BCUT2D eigenvalue weighted by Gasteiger charge is -1.99. The highest BCUT2D eigenvalue weighted by Gasteiger charge is 2.14. The van der Waals surface area contributed by atoms with Crippen LogP contribution in [-0.2, 0) is 6.54 Å². The van der Waals surface area contributed by atoms with Crippen molar-refractivity contribution >= 4 is 16.7 Å². The molecule has 16 heavy (non-hydrogen) atoms. The molecule has 0 unspecified atom stereocenters. The maximum absolute atomic E-state index is 13.6. The van der Waals surface area contributed by atoms with Gasteiger partial charge in [0, 0.05) is 17.1 Å². The van der Waals surface area contributed by atoms with E-state index >= 15 is 0 Å². The standard InChI is InChI=1S/C13H10FNO/c1-3-7-15-8-11(9(2)16)10-5-4-6-12(14)13(10)15/h1,4-6,8H,7H2,2H3. The number of hydrogen-bond donors (Lipinski definition) is 0. The summed E-state index contributed by atoms with van der Waals surface area (Å²) < 4.78 is 15.2. The number of hydrogen-bond acceptors (Lipinski definition) is 1. The van der Waals surface area contributed by atoms with Gasteiger partial charge in [0.15, 0.2) is 5.78 Å². The normalized spacial score (nSPS) is 10.3. The van der Waals surface area contributed by atoms with Crippen LogP contribution in [0.15, 0.2) is 24.4 Å². The molecule has 0 saturated heterocycles. The smallest absolute Gasteiger partial charge is 0.161 e. The first-order valence-corrected chi connectivity index (χ1v) is 4.87. The minimum Gasteiger partial charge on any atom is -0.333 e. The molecule has 0 spiro atoms. The predicted octanol–water partition coefficient (Wildman–Crippen LogP) is 2.62. The SMILES string of the molecule is C#CCn1cc(C(C)=O)c2cccc(F)c21. The minimum absolute atomic E-state index is 0.0913. The average molecular weight is 215 g/mol. The molecule has 2 aromatic rings. The van der Waals surface area contributed by atoms with Crippen molar-refractivity contribution in [3.8, 4) is 12.3 Å². The Bertz CT molecular complexity index is 604. The fourth-order valence-corrected chi connectivity index (χ4v) is 1.82. The Labute approximate surface area is 92.7 Å². The molecule has 1 aromatic carbocycles. The second-order valence-corrected chi connectivity index (χ2v) is 3.57. The average Bonchev–Trinajstić information content (AvgIpc) is 2.59. The van der Waals surface area contributed by atoms with Crippen LogP contribution in [0.25, 0.3) is 10.9 Å². The predicted molar refractivity (Wildman–Crippen MR) is 60.7 cm³/mol. The molecular formula is C13H10FNO. The zero-order valence-corrected chi connectivity index (χ0v) is 8.83. The monoisotopic (exact) mass is 215 g/mol. The highest BCUT2D eigenvalue weighted by Crippen LogP contribution is 2.24. The van der Waals surface area contributed by atoms with Crippen LogP contribution in [0.3, 0.4) is 0 Å². The molecule has 3 heteroatoms. The summed E-state index contributed by atoms with van der Waals surface area (Å²) in [5.74, 6) is 1.99. The van der Waals surface area contributed by atoms with Gasteiger partial charge in [0.2, 0.25) is 0 Å². The van der Waals surface area contributed by atoms with Crippen molar-refractivity contribution in [2.45, 2.75) is 13.5 Å². The van der Waals surface area contributed by atoms with Crippen molar-refractivity contribution in [2.24, 2.45) is 0 Å². The van der Waals surface area contributed by atoms with Gasteiger partial charge in [0.25, 0.3) is 0 Å². The molecule has 0 radical (unpaired) electrons. The number of Topliss-reactive ketones (excluding diaryl/α,β-unsaturated/α-hetero) is 1. The Morgan fingerprint density at radius 2 is 2.31 bits per heavy atom. The molecule has 0 bridgehead atoms. The van der Waals surface area contributed by atoms with E-state index in [0.29, 0.717) is 16.5 Å². The second kappa shape index (κ2) is 3.82. The summed E-state index contributed by atoms with van der Waals surface area (Å²) in [6, 6.07) is 4.67. The van der Waals surface area contributed by atoms with Crippen LogP contribution in [0.1, 0.15) is 17.3 Å². The largest absolute Gasteiger partial charge is 0.333 e. The number of para-hydroxylation sites is 1. The van der Waals surface area contributed by atoms with Gasteiger partial charge in [-0.05, 0) is 13.0 Å². The van der Waals surface area contributed by atoms with Crippen molar-refractivity contribution in [3.63, 3.8) is 0 Å². The summed E-state index contributed by atoms with van der Waals surface area (Å²) >= 11 is 0. The van der Waals surface area contributed by atoms with E-state index in [1.807, 2.05) is 0 Å². The summed E-state index contributed by atoms with van der Waals surface area (Å²) in [6.07, 6.45) is 6.82.